The molecule has 0 spiro atoms. The number of nitrogens with zero attached hydrogens (tertiary/aromatic N) is 3. The Balaban J connectivity index is 1.84. The molecule has 6 nitrogen and oxygen atoms in total. The predicted molar refractivity (Wildman–Crippen MR) is 112 cm³/mol. The van der Waals surface area contributed by atoms with E-state index in [0.29, 0.717) is 24.8 Å². The number of rotatable bonds is 11. The Labute approximate surface area is 167 Å². The molecule has 2 rings (SSSR count). The zero-order valence-electron chi connectivity index (χ0n) is 17.6. The van der Waals surface area contributed by atoms with Crippen molar-refractivity contribution < 1.29 is 14.3 Å². The number of unbranched alkanes of at least 4 members (excludes halogenated alkanes) is 1. The summed E-state index contributed by atoms with van der Waals surface area (Å²) in [6.07, 6.45) is 10.3. The monoisotopic (exact) mass is 385 g/mol. The molecule has 6 heteroatoms. The quantitative estimate of drug-likeness (QED) is 0.249. The van der Waals surface area contributed by atoms with E-state index < -0.39 is 0 Å². The van der Waals surface area contributed by atoms with Crippen molar-refractivity contribution in [2.75, 3.05) is 20.3 Å². The summed E-state index contributed by atoms with van der Waals surface area (Å²) in [5.74, 6) is 1.64. The van der Waals surface area contributed by atoms with Crippen molar-refractivity contribution >= 4 is 6.21 Å². The van der Waals surface area contributed by atoms with Gasteiger partial charge in [-0.25, -0.2) is 4.98 Å². The Hall–Kier alpha value is -2.76. The molecule has 152 valence electrons. The highest BCUT2D eigenvalue weighted by Gasteiger charge is 2.09. The summed E-state index contributed by atoms with van der Waals surface area (Å²) in [6.45, 7) is 7.54. The van der Waals surface area contributed by atoms with E-state index in [1.165, 1.54) is 23.8 Å². The van der Waals surface area contributed by atoms with Gasteiger partial charge in [-0.15, -0.1) is 0 Å². The van der Waals surface area contributed by atoms with Crippen LogP contribution >= 0.6 is 0 Å². The molecule has 0 atom stereocenters. The lowest BCUT2D eigenvalue weighted by atomic mass is 9.97. The van der Waals surface area contributed by atoms with Crippen molar-refractivity contribution in [3.63, 3.8) is 0 Å². The van der Waals surface area contributed by atoms with Crippen LogP contribution in [-0.2, 0) is 18.3 Å². The second-order valence-corrected chi connectivity index (χ2v) is 6.68. The number of hydrogen-bond donors (Lipinski definition) is 0. The molecule has 0 unspecified atom stereocenters. The van der Waals surface area contributed by atoms with Crippen LogP contribution < -0.4 is 9.47 Å². The van der Waals surface area contributed by atoms with Gasteiger partial charge >= 0.3 is 0 Å². The van der Waals surface area contributed by atoms with E-state index in [1.54, 1.807) is 12.5 Å². The highest BCUT2D eigenvalue weighted by Crippen LogP contribution is 2.24. The fourth-order valence-corrected chi connectivity index (χ4v) is 3.05. The molecule has 0 radical (unpaired) electrons. The predicted octanol–water partition coefficient (Wildman–Crippen LogP) is 4.37. The molecule has 1 heterocycles. The van der Waals surface area contributed by atoms with E-state index in [9.17, 15) is 0 Å². The van der Waals surface area contributed by atoms with Gasteiger partial charge in [0.15, 0.2) is 0 Å². The summed E-state index contributed by atoms with van der Waals surface area (Å²) in [4.78, 5) is 8.96. The van der Waals surface area contributed by atoms with E-state index >= 15 is 0 Å². The van der Waals surface area contributed by atoms with Crippen molar-refractivity contribution in [2.45, 2.75) is 40.0 Å². The molecule has 0 aliphatic heterocycles. The number of imidazole rings is 1. The Bertz CT molecular complexity index is 786. The van der Waals surface area contributed by atoms with Gasteiger partial charge in [0.05, 0.1) is 19.1 Å². The zero-order valence-corrected chi connectivity index (χ0v) is 17.6. The molecule has 0 saturated carbocycles. The summed E-state index contributed by atoms with van der Waals surface area (Å²) in [5.41, 5.74) is 4.62. The van der Waals surface area contributed by atoms with Gasteiger partial charge in [-0.2, -0.15) is 0 Å². The standard InChI is InChI=1S/C22H31N3O3/c1-6-7-11-27-19-13-17(2)20(18(3)14-19)10-8-9-12-28-22-21(15-24-26-5)23-16-25(22)4/h6-7,13-16H,8-12H2,1-5H3/b7-6+,24-15+. The molecule has 0 amide bonds. The van der Waals surface area contributed by atoms with Gasteiger partial charge in [-0.3, -0.25) is 0 Å². The van der Waals surface area contributed by atoms with Gasteiger partial charge in [0.1, 0.15) is 25.2 Å². The minimum absolute atomic E-state index is 0.608. The third kappa shape index (κ3) is 6.15. The lowest BCUT2D eigenvalue weighted by Crippen LogP contribution is -2.05. The molecule has 0 aliphatic rings. The number of aromatic nitrogens is 2. The van der Waals surface area contributed by atoms with Crippen LogP contribution in [0.15, 0.2) is 35.8 Å². The van der Waals surface area contributed by atoms with Gasteiger partial charge in [-0.05, 0) is 68.9 Å². The van der Waals surface area contributed by atoms with E-state index in [2.05, 4.69) is 36.1 Å². The molecule has 1 aromatic carbocycles. The second-order valence-electron chi connectivity index (χ2n) is 6.68. The van der Waals surface area contributed by atoms with Crippen LogP contribution in [0.5, 0.6) is 11.6 Å². The molecule has 0 saturated heterocycles. The maximum atomic E-state index is 5.90. The number of benzene rings is 1. The number of ether oxygens (including phenoxy) is 2. The third-order valence-electron chi connectivity index (χ3n) is 4.50. The number of oxime groups is 1. The Morgan fingerprint density at radius 2 is 1.89 bits per heavy atom. The highest BCUT2D eigenvalue weighted by molar-refractivity contribution is 5.79. The molecule has 0 N–H and O–H groups in total. The van der Waals surface area contributed by atoms with Gasteiger partial charge < -0.3 is 18.9 Å². The van der Waals surface area contributed by atoms with Gasteiger partial charge in [0.25, 0.3) is 0 Å². The number of hydrogen-bond acceptors (Lipinski definition) is 5. The minimum atomic E-state index is 0.608. The molecule has 0 aliphatic carbocycles. The van der Waals surface area contributed by atoms with Gasteiger partial charge in [-0.1, -0.05) is 17.3 Å². The summed E-state index contributed by atoms with van der Waals surface area (Å²) in [7, 11) is 3.41. The van der Waals surface area contributed by atoms with Crippen LogP contribution in [-0.4, -0.2) is 36.1 Å². The smallest absolute Gasteiger partial charge is 0.222 e. The Morgan fingerprint density at radius 1 is 1.14 bits per heavy atom. The first-order chi connectivity index (χ1) is 13.6. The van der Waals surface area contributed by atoms with E-state index in [-0.39, 0.29) is 0 Å². The Morgan fingerprint density at radius 3 is 2.57 bits per heavy atom. The average molecular weight is 386 g/mol. The van der Waals surface area contributed by atoms with Gasteiger partial charge in [0, 0.05) is 7.05 Å². The lowest BCUT2D eigenvalue weighted by molar-refractivity contribution is 0.215. The van der Waals surface area contributed by atoms with Gasteiger partial charge in [0.2, 0.25) is 5.88 Å². The van der Waals surface area contributed by atoms with Crippen molar-refractivity contribution in [3.8, 4) is 11.6 Å². The van der Waals surface area contributed by atoms with Crippen LogP contribution in [0.3, 0.4) is 0 Å². The number of allylic oxidation sites excluding steroid dienone is 1. The molecule has 2 aromatic rings. The van der Waals surface area contributed by atoms with E-state index in [0.717, 1.165) is 25.0 Å². The summed E-state index contributed by atoms with van der Waals surface area (Å²) >= 11 is 0. The van der Waals surface area contributed by atoms with Crippen LogP contribution in [0, 0.1) is 13.8 Å². The summed E-state index contributed by atoms with van der Waals surface area (Å²) in [6, 6.07) is 4.25. The van der Waals surface area contributed by atoms with Crippen molar-refractivity contribution in [1.82, 2.24) is 9.55 Å². The Kier molecular flexibility index (Phi) is 8.59. The average Bonchev–Trinajstić information content (AvgIpc) is 3.01. The maximum Gasteiger partial charge on any atom is 0.222 e. The fraction of sp³-hybridized carbons (Fsp3) is 0.455. The molecule has 28 heavy (non-hydrogen) atoms. The number of aryl methyl sites for hydroxylation is 3. The summed E-state index contributed by atoms with van der Waals surface area (Å²) < 4.78 is 13.5. The van der Waals surface area contributed by atoms with Crippen LogP contribution in [0.25, 0.3) is 0 Å². The zero-order chi connectivity index (χ0) is 20.4. The van der Waals surface area contributed by atoms with Crippen LogP contribution in [0.4, 0.5) is 0 Å². The second kappa shape index (κ2) is 11.2. The first-order valence-corrected chi connectivity index (χ1v) is 9.61. The van der Waals surface area contributed by atoms with Crippen molar-refractivity contribution in [2.24, 2.45) is 12.2 Å². The maximum absolute atomic E-state index is 5.90. The largest absolute Gasteiger partial charge is 0.490 e. The molecule has 0 fully saturated rings. The highest BCUT2D eigenvalue weighted by atomic mass is 16.6. The first-order valence-electron chi connectivity index (χ1n) is 9.61. The minimum Gasteiger partial charge on any atom is -0.490 e. The lowest BCUT2D eigenvalue weighted by Gasteiger charge is -2.13. The molecular formula is C22H31N3O3. The topological polar surface area (TPSA) is 57.9 Å². The normalized spacial score (nSPS) is 11.5. The summed E-state index contributed by atoms with van der Waals surface area (Å²) in [5, 5.41) is 3.76. The van der Waals surface area contributed by atoms with Crippen molar-refractivity contribution in [3.05, 3.63) is 53.0 Å². The SMILES string of the molecule is C/C=C/COc1cc(C)c(CCCCOc2c(/C=N/OC)ncn2C)c(C)c1. The van der Waals surface area contributed by atoms with Crippen LogP contribution in [0.1, 0.15) is 42.1 Å². The first kappa shape index (κ1) is 21.5. The van der Waals surface area contributed by atoms with Crippen LogP contribution in [0.2, 0.25) is 0 Å². The van der Waals surface area contributed by atoms with Crippen molar-refractivity contribution in [1.29, 1.82) is 0 Å². The third-order valence-corrected chi connectivity index (χ3v) is 4.50. The molecular weight excluding hydrogens is 354 g/mol. The fourth-order valence-electron chi connectivity index (χ4n) is 3.05. The van der Waals surface area contributed by atoms with E-state index in [1.807, 2.05) is 30.7 Å². The molecule has 0 bridgehead atoms. The van der Waals surface area contributed by atoms with E-state index in [4.69, 9.17) is 14.3 Å². The molecule has 1 aromatic heterocycles.